The molecule has 0 heterocycles. The number of hydrogen-bond donors (Lipinski definition) is 1. The normalized spacial score (nSPS) is 7.45. The van der Waals surface area contributed by atoms with Gasteiger partial charge in [-0.15, -0.1) is 0 Å². The minimum Gasteiger partial charge on any atom is -0.222 e. The molecule has 0 spiro atoms. The van der Waals surface area contributed by atoms with E-state index in [1.54, 1.807) is 0 Å². The number of carbonyl (C=O) groups excluding carboxylic acids is 1. The first-order valence-electron chi connectivity index (χ1n) is 2.65. The summed E-state index contributed by atoms with van der Waals surface area (Å²) in [5.74, 6) is -1.07. The lowest BCUT2D eigenvalue weighted by molar-refractivity contribution is 0.562. The van der Waals surface area contributed by atoms with Crippen LogP contribution in [0.1, 0.15) is 0 Å². The predicted octanol–water partition coefficient (Wildman–Crippen LogP) is 1.87. The Morgan fingerprint density at radius 3 is 1.82 bits per heavy atom. The zero-order valence-electron chi connectivity index (χ0n) is 5.47. The van der Waals surface area contributed by atoms with Crippen LogP contribution in [0.5, 0.6) is 0 Å². The van der Waals surface area contributed by atoms with Crippen LogP contribution in [0, 0.1) is 17.0 Å². The van der Waals surface area contributed by atoms with Gasteiger partial charge in [0.15, 0.2) is 0 Å². The average molecular weight is 157 g/mol. The van der Waals surface area contributed by atoms with Crippen molar-refractivity contribution in [3.63, 3.8) is 0 Å². The van der Waals surface area contributed by atoms with Gasteiger partial charge in [-0.25, -0.2) is 19.0 Å². The van der Waals surface area contributed by atoms with Gasteiger partial charge in [-0.1, -0.05) is 6.07 Å². The molecule has 2 nitrogen and oxygen atoms in total. The molecule has 1 aromatic carbocycles. The first-order valence-corrected chi connectivity index (χ1v) is 2.65. The lowest BCUT2D eigenvalue weighted by atomic mass is 10.3. The third-order valence-electron chi connectivity index (χ3n) is 0.787. The van der Waals surface area contributed by atoms with E-state index in [0.717, 1.165) is 12.1 Å². The number of halogens is 2. The Kier molecular flexibility index (Phi) is 4.52. The standard InChI is InChI=1S/C6H4F2.CHNO/c7-5-2-1-3-6(8)4-5;2-1-3/h1-4H;2H. The molecule has 0 unspecified atom stereocenters. The zero-order valence-corrected chi connectivity index (χ0v) is 5.47. The number of rotatable bonds is 0. The highest BCUT2D eigenvalue weighted by molar-refractivity contribution is 5.26. The van der Waals surface area contributed by atoms with Crippen molar-refractivity contribution >= 4 is 6.08 Å². The van der Waals surface area contributed by atoms with Gasteiger partial charge < -0.3 is 0 Å². The molecule has 0 fully saturated rings. The molecule has 1 aromatic rings. The smallest absolute Gasteiger partial charge is 0.222 e. The Morgan fingerprint density at radius 1 is 1.27 bits per heavy atom. The Bertz CT molecular complexity index is 239. The van der Waals surface area contributed by atoms with Gasteiger partial charge in [0.2, 0.25) is 6.08 Å². The Labute approximate surface area is 62.0 Å². The molecule has 1 N–H and O–H groups in total. The van der Waals surface area contributed by atoms with Crippen LogP contribution in [-0.2, 0) is 4.79 Å². The third kappa shape index (κ3) is 4.93. The van der Waals surface area contributed by atoms with Crippen LogP contribution < -0.4 is 0 Å². The Balaban J connectivity index is 0.000000292. The largest absolute Gasteiger partial charge is 0.231 e. The van der Waals surface area contributed by atoms with Crippen LogP contribution in [0.4, 0.5) is 8.78 Å². The maximum Gasteiger partial charge on any atom is 0.231 e. The van der Waals surface area contributed by atoms with Crippen molar-refractivity contribution < 1.29 is 13.6 Å². The summed E-state index contributed by atoms with van der Waals surface area (Å²) in [6.45, 7) is 0. The second kappa shape index (κ2) is 5.26. The lowest BCUT2D eigenvalue weighted by Gasteiger charge is -1.84. The molecule has 58 valence electrons. The zero-order chi connectivity index (χ0) is 8.69. The van der Waals surface area contributed by atoms with E-state index in [-0.39, 0.29) is 0 Å². The van der Waals surface area contributed by atoms with Crippen LogP contribution in [0.3, 0.4) is 0 Å². The average Bonchev–Trinajstić information content (AvgIpc) is 1.88. The van der Waals surface area contributed by atoms with E-state index in [4.69, 9.17) is 10.2 Å². The highest BCUT2D eigenvalue weighted by Crippen LogP contribution is 1.99. The lowest BCUT2D eigenvalue weighted by Crippen LogP contribution is -1.73. The molecule has 0 atom stereocenters. The van der Waals surface area contributed by atoms with Crippen molar-refractivity contribution in [1.82, 2.24) is 0 Å². The quantitative estimate of drug-likeness (QED) is 0.453. The summed E-state index contributed by atoms with van der Waals surface area (Å²) in [5.41, 5.74) is 0. The molecule has 0 bridgehead atoms. The molecule has 0 aliphatic rings. The molecule has 0 saturated carbocycles. The molecular weight excluding hydrogens is 152 g/mol. The molecule has 4 heteroatoms. The molecule has 11 heavy (non-hydrogen) atoms. The maximum absolute atomic E-state index is 11.9. The maximum atomic E-state index is 11.9. The molecule has 0 aliphatic heterocycles. The predicted molar refractivity (Wildman–Crippen MR) is 34.8 cm³/mol. The van der Waals surface area contributed by atoms with Gasteiger partial charge in [0.05, 0.1) is 0 Å². The fourth-order valence-corrected chi connectivity index (χ4v) is 0.460. The van der Waals surface area contributed by atoms with Crippen LogP contribution in [0.2, 0.25) is 0 Å². The Morgan fingerprint density at radius 2 is 1.64 bits per heavy atom. The van der Waals surface area contributed by atoms with Crippen LogP contribution in [0.15, 0.2) is 24.3 Å². The van der Waals surface area contributed by atoms with Crippen LogP contribution in [0.25, 0.3) is 0 Å². The van der Waals surface area contributed by atoms with E-state index in [0.29, 0.717) is 0 Å². The van der Waals surface area contributed by atoms with Crippen molar-refractivity contribution in [1.29, 1.82) is 5.41 Å². The summed E-state index contributed by atoms with van der Waals surface area (Å²) in [5, 5.41) is 5.40. The number of benzene rings is 1. The molecule has 1 rings (SSSR count). The summed E-state index contributed by atoms with van der Waals surface area (Å²) in [7, 11) is 0. The van der Waals surface area contributed by atoms with E-state index in [9.17, 15) is 8.78 Å². The van der Waals surface area contributed by atoms with Gasteiger partial charge in [-0.05, 0) is 12.1 Å². The number of isocyanates is 1. The van der Waals surface area contributed by atoms with Crippen LogP contribution >= 0.6 is 0 Å². The highest BCUT2D eigenvalue weighted by Gasteiger charge is 1.88. The van der Waals surface area contributed by atoms with E-state index in [1.807, 2.05) is 0 Å². The van der Waals surface area contributed by atoms with Crippen molar-refractivity contribution in [2.45, 2.75) is 0 Å². The molecular formula is C7H5F2NO. The summed E-state index contributed by atoms with van der Waals surface area (Å²) < 4.78 is 23.9. The minimum atomic E-state index is -0.537. The second-order valence-electron chi connectivity index (χ2n) is 1.54. The fraction of sp³-hybridized carbons (Fsp3) is 0. The third-order valence-corrected chi connectivity index (χ3v) is 0.787. The second-order valence-corrected chi connectivity index (χ2v) is 1.54. The monoisotopic (exact) mass is 157 g/mol. The highest BCUT2D eigenvalue weighted by atomic mass is 19.1. The van der Waals surface area contributed by atoms with E-state index < -0.39 is 11.6 Å². The SMILES string of the molecule is Fc1cccc(F)c1.N=C=O. The molecule has 0 aliphatic carbocycles. The summed E-state index contributed by atoms with van der Waals surface area (Å²) in [4.78, 5) is 8.35. The number of nitrogens with one attached hydrogen (secondary N) is 1. The van der Waals surface area contributed by atoms with Gasteiger partial charge in [0, 0.05) is 6.07 Å². The fourth-order valence-electron chi connectivity index (χ4n) is 0.460. The van der Waals surface area contributed by atoms with Crippen molar-refractivity contribution in [3.8, 4) is 0 Å². The summed E-state index contributed by atoms with van der Waals surface area (Å²) >= 11 is 0. The van der Waals surface area contributed by atoms with Crippen molar-refractivity contribution in [2.24, 2.45) is 0 Å². The van der Waals surface area contributed by atoms with E-state index in [1.165, 1.54) is 18.2 Å². The van der Waals surface area contributed by atoms with E-state index >= 15 is 0 Å². The molecule has 0 saturated heterocycles. The van der Waals surface area contributed by atoms with Gasteiger partial charge >= 0.3 is 0 Å². The molecule has 0 radical (unpaired) electrons. The summed E-state index contributed by atoms with van der Waals surface area (Å²) in [6.07, 6.45) is 0.750. The van der Waals surface area contributed by atoms with Crippen molar-refractivity contribution in [3.05, 3.63) is 35.9 Å². The van der Waals surface area contributed by atoms with Gasteiger partial charge in [0.25, 0.3) is 0 Å². The minimum absolute atomic E-state index is 0.537. The molecule has 0 amide bonds. The van der Waals surface area contributed by atoms with Gasteiger partial charge in [-0.3, -0.25) is 0 Å². The van der Waals surface area contributed by atoms with Crippen molar-refractivity contribution in [2.75, 3.05) is 0 Å². The number of hydrogen-bond acceptors (Lipinski definition) is 2. The Hall–Kier alpha value is -1.54. The molecule has 0 aromatic heterocycles. The van der Waals surface area contributed by atoms with Gasteiger partial charge in [0.1, 0.15) is 11.6 Å². The topological polar surface area (TPSA) is 40.9 Å². The van der Waals surface area contributed by atoms with E-state index in [2.05, 4.69) is 0 Å². The first-order chi connectivity index (χ1) is 5.20. The van der Waals surface area contributed by atoms with Gasteiger partial charge in [-0.2, -0.15) is 0 Å². The first kappa shape index (κ1) is 9.46. The van der Waals surface area contributed by atoms with Crippen LogP contribution in [-0.4, -0.2) is 6.08 Å². The summed E-state index contributed by atoms with van der Waals surface area (Å²) in [6, 6.07) is 4.55.